The zero-order chi connectivity index (χ0) is 18.9. The monoisotopic (exact) mass is 358 g/mol. The van der Waals surface area contributed by atoms with Crippen molar-refractivity contribution in [3.63, 3.8) is 0 Å². The van der Waals surface area contributed by atoms with Gasteiger partial charge in [-0.05, 0) is 45.6 Å². The van der Waals surface area contributed by atoms with Crippen LogP contribution >= 0.6 is 0 Å². The molecule has 2 unspecified atom stereocenters. The van der Waals surface area contributed by atoms with Gasteiger partial charge in [0.2, 0.25) is 5.91 Å². The fourth-order valence-corrected chi connectivity index (χ4v) is 4.02. The first kappa shape index (κ1) is 18.7. The van der Waals surface area contributed by atoms with Crippen LogP contribution in [0.2, 0.25) is 0 Å². The van der Waals surface area contributed by atoms with Crippen molar-refractivity contribution in [2.75, 3.05) is 13.1 Å². The van der Waals surface area contributed by atoms with Crippen molar-refractivity contribution in [1.29, 1.82) is 0 Å². The second kappa shape index (κ2) is 7.29. The SMILES string of the molecule is CC1CC(c2ccccc2)N(C2CCN(C(=O)OC(C)(C)C)CC2)C1=O. The molecule has 5 heteroatoms. The van der Waals surface area contributed by atoms with Crippen molar-refractivity contribution in [2.45, 2.75) is 64.6 Å². The first-order chi connectivity index (χ1) is 12.3. The summed E-state index contributed by atoms with van der Waals surface area (Å²) in [4.78, 5) is 28.9. The molecule has 2 heterocycles. The number of benzene rings is 1. The minimum absolute atomic E-state index is 0.0593. The van der Waals surface area contributed by atoms with E-state index in [2.05, 4.69) is 17.0 Å². The quantitative estimate of drug-likeness (QED) is 0.803. The van der Waals surface area contributed by atoms with Gasteiger partial charge in [-0.3, -0.25) is 4.79 Å². The Morgan fingerprint density at radius 3 is 2.31 bits per heavy atom. The van der Waals surface area contributed by atoms with Crippen LogP contribution in [0.25, 0.3) is 0 Å². The molecular formula is C21H30N2O3. The summed E-state index contributed by atoms with van der Waals surface area (Å²) in [5.41, 5.74) is 0.729. The van der Waals surface area contributed by atoms with E-state index in [4.69, 9.17) is 4.74 Å². The van der Waals surface area contributed by atoms with Crippen LogP contribution in [0.4, 0.5) is 4.79 Å². The maximum Gasteiger partial charge on any atom is 0.410 e. The fraction of sp³-hybridized carbons (Fsp3) is 0.619. The van der Waals surface area contributed by atoms with Crippen LogP contribution in [-0.4, -0.2) is 46.5 Å². The van der Waals surface area contributed by atoms with Crippen LogP contribution in [0.15, 0.2) is 30.3 Å². The highest BCUT2D eigenvalue weighted by Gasteiger charge is 2.42. The second-order valence-corrected chi connectivity index (χ2v) is 8.51. The molecule has 2 aliphatic heterocycles. The lowest BCUT2D eigenvalue weighted by molar-refractivity contribution is -0.134. The summed E-state index contributed by atoms with van der Waals surface area (Å²) in [6.07, 6.45) is 2.23. The van der Waals surface area contributed by atoms with Crippen LogP contribution < -0.4 is 0 Å². The Labute approximate surface area is 156 Å². The van der Waals surface area contributed by atoms with Gasteiger partial charge in [0.05, 0.1) is 6.04 Å². The number of ether oxygens (including phenoxy) is 1. The van der Waals surface area contributed by atoms with Crippen molar-refractivity contribution in [3.8, 4) is 0 Å². The highest BCUT2D eigenvalue weighted by Crippen LogP contribution is 2.39. The molecular weight excluding hydrogens is 328 g/mol. The minimum Gasteiger partial charge on any atom is -0.444 e. The predicted octanol–water partition coefficient (Wildman–Crippen LogP) is 4.00. The summed E-state index contributed by atoms with van der Waals surface area (Å²) >= 11 is 0. The van der Waals surface area contributed by atoms with Gasteiger partial charge >= 0.3 is 6.09 Å². The Morgan fingerprint density at radius 2 is 1.73 bits per heavy atom. The summed E-state index contributed by atoms with van der Waals surface area (Å²) in [6.45, 7) is 8.94. The molecule has 2 aliphatic rings. The number of nitrogens with zero attached hydrogens (tertiary/aromatic N) is 2. The minimum atomic E-state index is -0.479. The molecule has 0 spiro atoms. The Balaban J connectivity index is 1.67. The van der Waals surface area contributed by atoms with E-state index in [1.54, 1.807) is 4.90 Å². The number of hydrogen-bond acceptors (Lipinski definition) is 3. The van der Waals surface area contributed by atoms with Crippen molar-refractivity contribution in [2.24, 2.45) is 5.92 Å². The predicted molar refractivity (Wildman–Crippen MR) is 101 cm³/mol. The van der Waals surface area contributed by atoms with Gasteiger partial charge in [-0.25, -0.2) is 4.79 Å². The smallest absolute Gasteiger partial charge is 0.410 e. The molecule has 1 aromatic rings. The topological polar surface area (TPSA) is 49.9 Å². The largest absolute Gasteiger partial charge is 0.444 e. The van der Waals surface area contributed by atoms with Gasteiger partial charge < -0.3 is 14.5 Å². The Kier molecular flexibility index (Phi) is 5.26. The number of rotatable bonds is 2. The Morgan fingerprint density at radius 1 is 1.12 bits per heavy atom. The van der Waals surface area contributed by atoms with E-state index in [1.807, 2.05) is 45.9 Å². The van der Waals surface area contributed by atoms with E-state index in [9.17, 15) is 9.59 Å². The Hall–Kier alpha value is -2.04. The van der Waals surface area contributed by atoms with E-state index in [1.165, 1.54) is 5.56 Å². The average molecular weight is 358 g/mol. The molecule has 0 bridgehead atoms. The Bertz CT molecular complexity index is 645. The standard InChI is InChI=1S/C21H30N2O3/c1-15-14-18(16-8-6-5-7-9-16)23(19(15)24)17-10-12-22(13-11-17)20(25)26-21(2,3)4/h5-9,15,17-18H,10-14H2,1-4H3. The number of hydrogen-bond donors (Lipinski definition) is 0. The summed E-state index contributed by atoms with van der Waals surface area (Å²) in [6, 6.07) is 10.6. The zero-order valence-electron chi connectivity index (χ0n) is 16.3. The van der Waals surface area contributed by atoms with Crippen LogP contribution in [0.3, 0.4) is 0 Å². The molecule has 0 aliphatic carbocycles. The molecule has 2 saturated heterocycles. The molecule has 3 rings (SSSR count). The first-order valence-corrected chi connectivity index (χ1v) is 9.61. The number of carbonyl (C=O) groups excluding carboxylic acids is 2. The number of piperidine rings is 1. The third kappa shape index (κ3) is 4.02. The van der Waals surface area contributed by atoms with Gasteiger partial charge in [0.15, 0.2) is 0 Å². The van der Waals surface area contributed by atoms with E-state index in [0.717, 1.165) is 19.3 Å². The molecule has 1 aromatic carbocycles. The van der Waals surface area contributed by atoms with Crippen LogP contribution in [-0.2, 0) is 9.53 Å². The summed E-state index contributed by atoms with van der Waals surface area (Å²) in [5.74, 6) is 0.304. The molecule has 2 fully saturated rings. The van der Waals surface area contributed by atoms with Gasteiger partial charge in [-0.1, -0.05) is 37.3 Å². The van der Waals surface area contributed by atoms with Crippen molar-refractivity contribution in [3.05, 3.63) is 35.9 Å². The lowest BCUT2D eigenvalue weighted by Crippen LogP contribution is -2.49. The van der Waals surface area contributed by atoms with E-state index in [0.29, 0.717) is 13.1 Å². The lowest BCUT2D eigenvalue weighted by Gasteiger charge is -2.40. The highest BCUT2D eigenvalue weighted by atomic mass is 16.6. The summed E-state index contributed by atoms with van der Waals surface area (Å²) in [7, 11) is 0. The molecule has 0 radical (unpaired) electrons. The summed E-state index contributed by atoms with van der Waals surface area (Å²) < 4.78 is 5.47. The molecule has 0 N–H and O–H groups in total. The van der Waals surface area contributed by atoms with Gasteiger partial charge in [-0.15, -0.1) is 0 Å². The molecule has 0 saturated carbocycles. The van der Waals surface area contributed by atoms with Crippen molar-refractivity contribution in [1.82, 2.24) is 9.80 Å². The van der Waals surface area contributed by atoms with E-state index < -0.39 is 5.60 Å². The lowest BCUT2D eigenvalue weighted by atomic mass is 9.98. The highest BCUT2D eigenvalue weighted by molar-refractivity contribution is 5.82. The molecule has 142 valence electrons. The van der Waals surface area contributed by atoms with E-state index in [-0.39, 0.29) is 30.0 Å². The van der Waals surface area contributed by atoms with Crippen LogP contribution in [0.5, 0.6) is 0 Å². The summed E-state index contributed by atoms with van der Waals surface area (Å²) in [5, 5.41) is 0. The molecule has 2 atom stereocenters. The van der Waals surface area contributed by atoms with E-state index >= 15 is 0 Å². The van der Waals surface area contributed by atoms with Crippen LogP contribution in [0.1, 0.15) is 58.6 Å². The molecule has 26 heavy (non-hydrogen) atoms. The molecule has 0 aromatic heterocycles. The third-order valence-electron chi connectivity index (χ3n) is 5.28. The van der Waals surface area contributed by atoms with Gasteiger partial charge in [-0.2, -0.15) is 0 Å². The average Bonchev–Trinajstić information content (AvgIpc) is 2.89. The van der Waals surface area contributed by atoms with Gasteiger partial charge in [0.25, 0.3) is 0 Å². The molecule has 5 nitrogen and oxygen atoms in total. The fourth-order valence-electron chi connectivity index (χ4n) is 4.02. The maximum absolute atomic E-state index is 12.8. The number of likely N-dealkylation sites (tertiary alicyclic amines) is 2. The zero-order valence-corrected chi connectivity index (χ0v) is 16.3. The third-order valence-corrected chi connectivity index (χ3v) is 5.28. The first-order valence-electron chi connectivity index (χ1n) is 9.61. The number of amides is 2. The normalized spacial score (nSPS) is 24.8. The molecule has 2 amide bonds. The number of carbonyl (C=O) groups is 2. The maximum atomic E-state index is 12.8. The van der Waals surface area contributed by atoms with Gasteiger partial charge in [0.1, 0.15) is 5.60 Å². The van der Waals surface area contributed by atoms with Crippen molar-refractivity contribution >= 4 is 12.0 Å². The van der Waals surface area contributed by atoms with Gasteiger partial charge in [0, 0.05) is 25.0 Å². The van der Waals surface area contributed by atoms with Crippen LogP contribution in [0, 0.1) is 5.92 Å². The second-order valence-electron chi connectivity index (χ2n) is 8.51. The van der Waals surface area contributed by atoms with Crippen molar-refractivity contribution < 1.29 is 14.3 Å².